The molecule has 1 N–H and O–H groups in total. The summed E-state index contributed by atoms with van der Waals surface area (Å²) in [6.45, 7) is 6.45. The smallest absolute Gasteiger partial charge is 0.0485 e. The lowest BCUT2D eigenvalue weighted by Gasteiger charge is -2.21. The largest absolute Gasteiger partial charge is 0.396 e. The molecule has 0 aliphatic carbocycles. The molecular weight excluding hydrogens is 240 g/mol. The van der Waals surface area contributed by atoms with Gasteiger partial charge in [0.1, 0.15) is 0 Å². The summed E-state index contributed by atoms with van der Waals surface area (Å²) in [7, 11) is 0. The van der Waals surface area contributed by atoms with E-state index in [9.17, 15) is 5.11 Å². The van der Waals surface area contributed by atoms with Crippen molar-refractivity contribution in [1.82, 2.24) is 0 Å². The summed E-state index contributed by atoms with van der Waals surface area (Å²) in [5.41, 5.74) is 2.49. The van der Waals surface area contributed by atoms with E-state index in [0.29, 0.717) is 0 Å². The normalized spacial score (nSPS) is 11.8. The van der Waals surface area contributed by atoms with Crippen LogP contribution in [0.3, 0.4) is 0 Å². The molecule has 0 radical (unpaired) electrons. The average molecular weight is 257 g/mol. The molecule has 0 fully saturated rings. The van der Waals surface area contributed by atoms with Crippen LogP contribution in [-0.4, -0.2) is 11.7 Å². The highest BCUT2D eigenvalue weighted by molar-refractivity contribution is 9.10. The van der Waals surface area contributed by atoms with Gasteiger partial charge in [-0.1, -0.05) is 35.8 Å². The molecule has 1 aromatic carbocycles. The van der Waals surface area contributed by atoms with Gasteiger partial charge in [0.05, 0.1) is 0 Å². The molecule has 0 saturated heterocycles. The first kappa shape index (κ1) is 11.7. The Morgan fingerprint density at radius 1 is 1.29 bits per heavy atom. The van der Waals surface area contributed by atoms with Crippen LogP contribution in [0.25, 0.3) is 0 Å². The van der Waals surface area contributed by atoms with E-state index in [-0.39, 0.29) is 12.0 Å². The van der Waals surface area contributed by atoms with Crippen molar-refractivity contribution in [2.24, 2.45) is 5.41 Å². The van der Waals surface area contributed by atoms with Gasteiger partial charge in [-0.25, -0.2) is 0 Å². The van der Waals surface area contributed by atoms with Crippen molar-refractivity contribution >= 4 is 15.9 Å². The van der Waals surface area contributed by atoms with E-state index in [4.69, 9.17) is 0 Å². The molecule has 0 unspecified atom stereocenters. The number of aliphatic hydroxyl groups excluding tert-OH is 1. The van der Waals surface area contributed by atoms with Gasteiger partial charge in [0.2, 0.25) is 0 Å². The topological polar surface area (TPSA) is 20.2 Å². The molecule has 0 atom stereocenters. The molecule has 0 amide bonds. The summed E-state index contributed by atoms with van der Waals surface area (Å²) >= 11 is 3.48. The van der Waals surface area contributed by atoms with Crippen LogP contribution in [0.1, 0.15) is 25.0 Å². The summed E-state index contributed by atoms with van der Waals surface area (Å²) < 4.78 is 1.11. The van der Waals surface area contributed by atoms with Gasteiger partial charge in [0.25, 0.3) is 0 Å². The SMILES string of the molecule is Cc1cc(Br)cc(CC(C)(C)CO)c1. The Balaban J connectivity index is 2.87. The summed E-state index contributed by atoms with van der Waals surface area (Å²) in [4.78, 5) is 0. The first-order valence-electron chi connectivity index (χ1n) is 4.80. The summed E-state index contributed by atoms with van der Waals surface area (Å²) in [5, 5.41) is 9.18. The molecule has 0 bridgehead atoms. The predicted molar refractivity (Wildman–Crippen MR) is 63.4 cm³/mol. The van der Waals surface area contributed by atoms with Crippen LogP contribution >= 0.6 is 15.9 Å². The maximum absolute atomic E-state index is 9.18. The van der Waals surface area contributed by atoms with Gasteiger partial charge in [-0.05, 0) is 42.0 Å². The third-order valence-electron chi connectivity index (χ3n) is 2.21. The molecule has 0 aliphatic rings. The minimum absolute atomic E-state index is 0.0345. The van der Waals surface area contributed by atoms with E-state index in [0.717, 1.165) is 10.9 Å². The summed E-state index contributed by atoms with van der Waals surface area (Å²) in [6, 6.07) is 6.38. The van der Waals surface area contributed by atoms with Crippen LogP contribution in [0, 0.1) is 12.3 Å². The maximum atomic E-state index is 9.18. The first-order valence-corrected chi connectivity index (χ1v) is 5.59. The quantitative estimate of drug-likeness (QED) is 0.880. The van der Waals surface area contributed by atoms with E-state index in [2.05, 4.69) is 54.9 Å². The van der Waals surface area contributed by atoms with E-state index in [1.54, 1.807) is 0 Å². The standard InChI is InChI=1S/C12H17BrO/c1-9-4-10(6-11(13)5-9)7-12(2,3)8-14/h4-6,14H,7-8H2,1-3H3. The Labute approximate surface area is 94.3 Å². The minimum atomic E-state index is -0.0345. The Morgan fingerprint density at radius 2 is 1.93 bits per heavy atom. The number of benzene rings is 1. The molecule has 0 aliphatic heterocycles. The Bertz CT molecular complexity index is 298. The van der Waals surface area contributed by atoms with Crippen molar-refractivity contribution in [2.75, 3.05) is 6.61 Å². The fourth-order valence-electron chi connectivity index (χ4n) is 1.52. The lowest BCUT2D eigenvalue weighted by molar-refractivity contribution is 0.159. The number of hydrogen-bond donors (Lipinski definition) is 1. The summed E-state index contributed by atoms with van der Waals surface area (Å²) in [6.07, 6.45) is 0.907. The number of aliphatic hydroxyl groups is 1. The van der Waals surface area contributed by atoms with Crippen LogP contribution < -0.4 is 0 Å². The number of rotatable bonds is 3. The van der Waals surface area contributed by atoms with Crippen LogP contribution in [0.15, 0.2) is 22.7 Å². The Morgan fingerprint density at radius 3 is 2.43 bits per heavy atom. The van der Waals surface area contributed by atoms with E-state index < -0.39 is 0 Å². The highest BCUT2D eigenvalue weighted by Crippen LogP contribution is 2.24. The lowest BCUT2D eigenvalue weighted by atomic mass is 9.86. The third kappa shape index (κ3) is 3.43. The molecule has 14 heavy (non-hydrogen) atoms. The van der Waals surface area contributed by atoms with Gasteiger partial charge in [-0.2, -0.15) is 0 Å². The van der Waals surface area contributed by atoms with Gasteiger partial charge >= 0.3 is 0 Å². The average Bonchev–Trinajstić information content (AvgIpc) is 2.01. The second-order valence-electron chi connectivity index (χ2n) is 4.64. The molecule has 78 valence electrons. The zero-order valence-corrected chi connectivity index (χ0v) is 10.6. The van der Waals surface area contributed by atoms with Crippen molar-refractivity contribution in [2.45, 2.75) is 27.2 Å². The fraction of sp³-hybridized carbons (Fsp3) is 0.500. The van der Waals surface area contributed by atoms with Crippen LogP contribution in [0.2, 0.25) is 0 Å². The molecule has 0 heterocycles. The van der Waals surface area contributed by atoms with Gasteiger partial charge in [0, 0.05) is 11.1 Å². The number of aryl methyl sites for hydroxylation is 1. The number of hydrogen-bond acceptors (Lipinski definition) is 1. The van der Waals surface area contributed by atoms with Gasteiger partial charge < -0.3 is 5.11 Å². The molecule has 0 spiro atoms. The van der Waals surface area contributed by atoms with Gasteiger partial charge in [-0.15, -0.1) is 0 Å². The Hall–Kier alpha value is -0.340. The molecule has 0 saturated carbocycles. The maximum Gasteiger partial charge on any atom is 0.0485 e. The zero-order chi connectivity index (χ0) is 10.8. The molecule has 1 aromatic rings. The molecule has 2 heteroatoms. The molecule has 0 aromatic heterocycles. The second kappa shape index (κ2) is 4.45. The molecule has 1 rings (SSSR count). The van der Waals surface area contributed by atoms with Crippen molar-refractivity contribution in [3.8, 4) is 0 Å². The van der Waals surface area contributed by atoms with Crippen molar-refractivity contribution < 1.29 is 5.11 Å². The van der Waals surface area contributed by atoms with Crippen molar-refractivity contribution in [3.63, 3.8) is 0 Å². The minimum Gasteiger partial charge on any atom is -0.396 e. The third-order valence-corrected chi connectivity index (χ3v) is 2.67. The monoisotopic (exact) mass is 256 g/mol. The van der Waals surface area contributed by atoms with E-state index in [1.807, 2.05) is 0 Å². The van der Waals surface area contributed by atoms with Gasteiger partial charge in [-0.3, -0.25) is 0 Å². The second-order valence-corrected chi connectivity index (χ2v) is 5.55. The lowest BCUT2D eigenvalue weighted by Crippen LogP contribution is -2.19. The van der Waals surface area contributed by atoms with E-state index in [1.165, 1.54) is 11.1 Å². The molecular formula is C12H17BrO. The number of halogens is 1. The fourth-order valence-corrected chi connectivity index (χ4v) is 2.18. The van der Waals surface area contributed by atoms with Crippen LogP contribution in [0.4, 0.5) is 0 Å². The highest BCUT2D eigenvalue weighted by Gasteiger charge is 2.17. The van der Waals surface area contributed by atoms with E-state index >= 15 is 0 Å². The zero-order valence-electron chi connectivity index (χ0n) is 8.97. The van der Waals surface area contributed by atoms with Gasteiger partial charge in [0.15, 0.2) is 0 Å². The highest BCUT2D eigenvalue weighted by atomic mass is 79.9. The summed E-state index contributed by atoms with van der Waals surface area (Å²) in [5.74, 6) is 0. The van der Waals surface area contributed by atoms with Crippen LogP contribution in [-0.2, 0) is 6.42 Å². The first-order chi connectivity index (χ1) is 6.43. The molecule has 1 nitrogen and oxygen atoms in total. The van der Waals surface area contributed by atoms with Crippen molar-refractivity contribution in [3.05, 3.63) is 33.8 Å². The predicted octanol–water partition coefficient (Wildman–Crippen LogP) is 3.32. The van der Waals surface area contributed by atoms with Crippen molar-refractivity contribution in [1.29, 1.82) is 0 Å². The Kier molecular flexibility index (Phi) is 3.73. The van der Waals surface area contributed by atoms with Crippen LogP contribution in [0.5, 0.6) is 0 Å².